The maximum Gasteiger partial charge on any atom is 0.205 e. The topological polar surface area (TPSA) is 59.7 Å². The Bertz CT molecular complexity index is 739. The lowest BCUT2D eigenvalue weighted by Gasteiger charge is -2.22. The van der Waals surface area contributed by atoms with Crippen molar-refractivity contribution in [3.63, 3.8) is 0 Å². The summed E-state index contributed by atoms with van der Waals surface area (Å²) in [6.45, 7) is 2.96. The minimum atomic E-state index is 0.483. The average Bonchev–Trinajstić information content (AvgIpc) is 3.33. The SMILES string of the molecule is c1csc(CN2CCC[C@H]2Cn2nnc(-c3ccncc3)n2)c1. The second kappa shape index (κ2) is 6.55. The number of hydrogen-bond donors (Lipinski definition) is 0. The molecule has 7 heteroatoms. The van der Waals surface area contributed by atoms with Gasteiger partial charge in [0, 0.05) is 35.4 Å². The Kier molecular flexibility index (Phi) is 4.12. The first-order chi connectivity index (χ1) is 11.4. The maximum atomic E-state index is 4.52. The Morgan fingerprint density at radius 3 is 2.96 bits per heavy atom. The average molecular weight is 326 g/mol. The summed E-state index contributed by atoms with van der Waals surface area (Å²) in [5.41, 5.74) is 0.952. The van der Waals surface area contributed by atoms with Crippen molar-refractivity contribution < 1.29 is 0 Å². The van der Waals surface area contributed by atoms with Crippen LogP contribution in [0.1, 0.15) is 17.7 Å². The molecule has 0 spiro atoms. The van der Waals surface area contributed by atoms with Gasteiger partial charge in [-0.05, 0) is 48.2 Å². The predicted octanol–water partition coefficient (Wildman–Crippen LogP) is 2.46. The lowest BCUT2D eigenvalue weighted by atomic mass is 10.2. The zero-order chi connectivity index (χ0) is 15.5. The monoisotopic (exact) mass is 326 g/mol. The molecule has 0 saturated carbocycles. The smallest absolute Gasteiger partial charge is 0.205 e. The van der Waals surface area contributed by atoms with Crippen LogP contribution in [0.4, 0.5) is 0 Å². The van der Waals surface area contributed by atoms with Crippen LogP contribution in [0.25, 0.3) is 11.4 Å². The van der Waals surface area contributed by atoms with Crippen molar-refractivity contribution in [3.05, 3.63) is 46.9 Å². The number of aromatic nitrogens is 5. The minimum Gasteiger partial charge on any atom is -0.293 e. The number of pyridine rings is 1. The number of thiophene rings is 1. The van der Waals surface area contributed by atoms with Crippen molar-refractivity contribution in [2.45, 2.75) is 32.0 Å². The summed E-state index contributed by atoms with van der Waals surface area (Å²) in [6.07, 6.45) is 5.92. The van der Waals surface area contributed by atoms with E-state index in [1.807, 2.05) is 23.5 Å². The standard InChI is InChI=1S/C16H18N6S/c1-3-14(21(9-1)12-15-4-2-10-23-15)11-22-19-16(18-20-22)13-5-7-17-8-6-13/h2,4-8,10,14H,1,3,9,11-12H2/t14-/m0/s1. The van der Waals surface area contributed by atoms with E-state index in [1.165, 1.54) is 17.7 Å². The zero-order valence-corrected chi connectivity index (χ0v) is 13.6. The van der Waals surface area contributed by atoms with Gasteiger partial charge in [0.15, 0.2) is 0 Å². The summed E-state index contributed by atoms with van der Waals surface area (Å²) in [5.74, 6) is 0.662. The molecule has 0 radical (unpaired) electrons. The Labute approximate surface area is 138 Å². The fourth-order valence-electron chi connectivity index (χ4n) is 3.04. The highest BCUT2D eigenvalue weighted by atomic mass is 32.1. The zero-order valence-electron chi connectivity index (χ0n) is 12.7. The second-order valence-electron chi connectivity index (χ2n) is 5.75. The highest BCUT2D eigenvalue weighted by Gasteiger charge is 2.26. The molecule has 3 aromatic rings. The van der Waals surface area contributed by atoms with Crippen molar-refractivity contribution >= 4 is 11.3 Å². The van der Waals surface area contributed by atoms with Gasteiger partial charge < -0.3 is 0 Å². The van der Waals surface area contributed by atoms with Crippen molar-refractivity contribution in [1.29, 1.82) is 0 Å². The van der Waals surface area contributed by atoms with Crippen LogP contribution >= 0.6 is 11.3 Å². The fourth-order valence-corrected chi connectivity index (χ4v) is 3.77. The fraction of sp³-hybridized carbons (Fsp3) is 0.375. The first kappa shape index (κ1) is 14.5. The summed E-state index contributed by atoms with van der Waals surface area (Å²) < 4.78 is 0. The number of hydrogen-bond acceptors (Lipinski definition) is 6. The molecule has 0 amide bonds. The number of nitrogens with zero attached hydrogens (tertiary/aromatic N) is 6. The van der Waals surface area contributed by atoms with Crippen LogP contribution in [0.5, 0.6) is 0 Å². The van der Waals surface area contributed by atoms with Crippen LogP contribution in [0.15, 0.2) is 42.0 Å². The third-order valence-electron chi connectivity index (χ3n) is 4.20. The molecule has 4 rings (SSSR count). The van der Waals surface area contributed by atoms with Crippen molar-refractivity contribution in [2.75, 3.05) is 6.54 Å². The molecule has 1 aliphatic rings. The van der Waals surface area contributed by atoms with E-state index in [9.17, 15) is 0 Å². The Morgan fingerprint density at radius 1 is 1.22 bits per heavy atom. The Balaban J connectivity index is 1.44. The molecule has 3 aromatic heterocycles. The summed E-state index contributed by atoms with van der Waals surface area (Å²) in [4.78, 5) is 9.69. The van der Waals surface area contributed by atoms with Crippen LogP contribution < -0.4 is 0 Å². The number of likely N-dealkylation sites (tertiary alicyclic amines) is 1. The highest BCUT2D eigenvalue weighted by Crippen LogP contribution is 2.23. The molecular formula is C16H18N6S. The highest BCUT2D eigenvalue weighted by molar-refractivity contribution is 7.09. The largest absolute Gasteiger partial charge is 0.293 e. The van der Waals surface area contributed by atoms with Gasteiger partial charge in [0.25, 0.3) is 0 Å². The summed E-state index contributed by atoms with van der Waals surface area (Å²) in [5, 5.41) is 15.0. The van der Waals surface area contributed by atoms with Crippen molar-refractivity contribution in [2.24, 2.45) is 0 Å². The van der Waals surface area contributed by atoms with Gasteiger partial charge in [-0.25, -0.2) is 0 Å². The van der Waals surface area contributed by atoms with E-state index in [2.05, 4.69) is 42.8 Å². The molecule has 0 aliphatic carbocycles. The predicted molar refractivity (Wildman–Crippen MR) is 88.8 cm³/mol. The third kappa shape index (κ3) is 3.30. The van der Waals surface area contributed by atoms with Gasteiger partial charge in [0.05, 0.1) is 6.54 Å². The van der Waals surface area contributed by atoms with Crippen LogP contribution in [-0.4, -0.2) is 42.7 Å². The molecule has 0 bridgehead atoms. The molecule has 0 unspecified atom stereocenters. The lowest BCUT2D eigenvalue weighted by Crippen LogP contribution is -2.33. The van der Waals surface area contributed by atoms with Crippen LogP contribution in [0, 0.1) is 0 Å². The van der Waals surface area contributed by atoms with Gasteiger partial charge >= 0.3 is 0 Å². The van der Waals surface area contributed by atoms with Crippen molar-refractivity contribution in [3.8, 4) is 11.4 Å². The normalized spacial score (nSPS) is 18.5. The molecule has 4 heterocycles. The first-order valence-electron chi connectivity index (χ1n) is 7.83. The van der Waals surface area contributed by atoms with Gasteiger partial charge in [-0.3, -0.25) is 9.88 Å². The molecule has 1 saturated heterocycles. The van der Waals surface area contributed by atoms with E-state index in [0.717, 1.165) is 25.2 Å². The lowest BCUT2D eigenvalue weighted by molar-refractivity contribution is 0.213. The van der Waals surface area contributed by atoms with Gasteiger partial charge in [0.1, 0.15) is 0 Å². The molecule has 6 nitrogen and oxygen atoms in total. The third-order valence-corrected chi connectivity index (χ3v) is 5.06. The van der Waals surface area contributed by atoms with E-state index in [0.29, 0.717) is 11.9 Å². The molecule has 23 heavy (non-hydrogen) atoms. The molecule has 1 fully saturated rings. The van der Waals surface area contributed by atoms with E-state index in [4.69, 9.17) is 0 Å². The summed E-state index contributed by atoms with van der Waals surface area (Å²) >= 11 is 1.82. The minimum absolute atomic E-state index is 0.483. The van der Waals surface area contributed by atoms with Gasteiger partial charge in [-0.2, -0.15) is 4.80 Å². The summed E-state index contributed by atoms with van der Waals surface area (Å²) in [6, 6.07) is 8.61. The van der Waals surface area contributed by atoms with E-state index < -0.39 is 0 Å². The number of tetrazole rings is 1. The summed E-state index contributed by atoms with van der Waals surface area (Å²) in [7, 11) is 0. The van der Waals surface area contributed by atoms with Gasteiger partial charge in [-0.15, -0.1) is 21.5 Å². The van der Waals surface area contributed by atoms with Crippen LogP contribution in [0.2, 0.25) is 0 Å². The molecule has 1 atom stereocenters. The molecule has 0 N–H and O–H groups in total. The first-order valence-corrected chi connectivity index (χ1v) is 8.71. The maximum absolute atomic E-state index is 4.52. The van der Waals surface area contributed by atoms with E-state index in [1.54, 1.807) is 17.2 Å². The molecular weight excluding hydrogens is 308 g/mol. The Hall–Kier alpha value is -2.12. The molecule has 118 valence electrons. The van der Waals surface area contributed by atoms with Gasteiger partial charge in [-0.1, -0.05) is 6.07 Å². The quantitative estimate of drug-likeness (QED) is 0.721. The van der Waals surface area contributed by atoms with Crippen LogP contribution in [0.3, 0.4) is 0 Å². The van der Waals surface area contributed by atoms with Crippen molar-refractivity contribution in [1.82, 2.24) is 30.1 Å². The van der Waals surface area contributed by atoms with E-state index >= 15 is 0 Å². The molecule has 1 aliphatic heterocycles. The Morgan fingerprint density at radius 2 is 2.13 bits per heavy atom. The van der Waals surface area contributed by atoms with E-state index in [-0.39, 0.29) is 0 Å². The second-order valence-corrected chi connectivity index (χ2v) is 6.78. The molecule has 0 aromatic carbocycles. The van der Waals surface area contributed by atoms with Gasteiger partial charge in [0.2, 0.25) is 5.82 Å². The number of rotatable bonds is 5. The van der Waals surface area contributed by atoms with Crippen LogP contribution in [-0.2, 0) is 13.1 Å².